The zero-order valence-corrected chi connectivity index (χ0v) is 19.2. The van der Waals surface area contributed by atoms with Gasteiger partial charge in [0.25, 0.3) is 0 Å². The molecule has 1 aromatic carbocycles. The molecule has 6 aliphatic rings. The smallest absolute Gasteiger partial charge is 0.309 e. The molecule has 1 aliphatic heterocycles. The number of amides is 2. The highest BCUT2D eigenvalue weighted by atomic mass is 16.5. The third-order valence-corrected chi connectivity index (χ3v) is 8.85. The second kappa shape index (κ2) is 8.07. The van der Waals surface area contributed by atoms with Gasteiger partial charge in [-0.1, -0.05) is 12.2 Å². The number of carbonyl (C=O) groups excluding carboxylic acids is 4. The number of esters is 1. The number of ketones is 1. The molecule has 2 bridgehead atoms. The Labute approximate surface area is 198 Å². The standard InChI is InChI=1S/C27H29NO6/c1-33-17-8-4-14(5-9-17)22(29)13-34-27(32)15-2-6-16(7-3-15)28-25(30)23-18-10-11-19(21-12-20(18)21)24(23)26(28)31/h4-5,8-11,15-16,18-21,23-24H,2-3,6-7,12-13H2,1H3/t15?,16?,18-,19-,20-,21-,23-,24+/m1/s1. The Balaban J connectivity index is 1.03. The Bertz CT molecular complexity index is 1030. The number of hydrogen-bond acceptors (Lipinski definition) is 6. The summed E-state index contributed by atoms with van der Waals surface area (Å²) in [6, 6.07) is 6.54. The molecule has 5 aliphatic carbocycles. The molecule has 1 aromatic rings. The minimum atomic E-state index is -0.379. The Kier molecular flexibility index (Phi) is 5.12. The molecule has 6 atom stereocenters. The first-order valence-electron chi connectivity index (χ1n) is 12.4. The van der Waals surface area contributed by atoms with Crippen molar-refractivity contribution in [3.05, 3.63) is 42.0 Å². The molecule has 7 heteroatoms. The van der Waals surface area contributed by atoms with Crippen LogP contribution in [0.5, 0.6) is 5.75 Å². The van der Waals surface area contributed by atoms with Crippen LogP contribution in [0.15, 0.2) is 36.4 Å². The van der Waals surface area contributed by atoms with Crippen molar-refractivity contribution in [2.75, 3.05) is 13.7 Å². The number of hydrogen-bond donors (Lipinski definition) is 0. The normalized spacial score (nSPS) is 37.3. The van der Waals surface area contributed by atoms with Crippen LogP contribution in [0.3, 0.4) is 0 Å². The first-order chi connectivity index (χ1) is 16.5. The molecule has 7 rings (SSSR count). The summed E-state index contributed by atoms with van der Waals surface area (Å²) < 4.78 is 10.4. The van der Waals surface area contributed by atoms with Crippen LogP contribution < -0.4 is 4.74 Å². The van der Waals surface area contributed by atoms with Crippen LogP contribution >= 0.6 is 0 Å². The quantitative estimate of drug-likeness (QED) is 0.279. The molecule has 0 N–H and O–H groups in total. The van der Waals surface area contributed by atoms with Gasteiger partial charge in [0.2, 0.25) is 11.8 Å². The summed E-state index contributed by atoms with van der Waals surface area (Å²) in [5, 5.41) is 0. The number of rotatable bonds is 6. The second-order valence-corrected chi connectivity index (χ2v) is 10.5. The third kappa shape index (κ3) is 3.31. The predicted octanol–water partition coefficient (Wildman–Crippen LogP) is 3.03. The van der Waals surface area contributed by atoms with Crippen molar-refractivity contribution in [1.29, 1.82) is 0 Å². The van der Waals surface area contributed by atoms with Crippen molar-refractivity contribution in [3.63, 3.8) is 0 Å². The van der Waals surface area contributed by atoms with Gasteiger partial charge in [-0.2, -0.15) is 0 Å². The van der Waals surface area contributed by atoms with E-state index in [-0.39, 0.29) is 65.8 Å². The number of ether oxygens (including phenoxy) is 2. The van der Waals surface area contributed by atoms with Gasteiger partial charge < -0.3 is 9.47 Å². The van der Waals surface area contributed by atoms with Gasteiger partial charge in [-0.25, -0.2) is 0 Å². The molecule has 4 fully saturated rings. The molecule has 0 spiro atoms. The first kappa shape index (κ1) is 21.6. The van der Waals surface area contributed by atoms with Gasteiger partial charge in [-0.3, -0.25) is 24.1 Å². The fourth-order valence-corrected chi connectivity index (χ4v) is 7.02. The Hall–Kier alpha value is -2.96. The van der Waals surface area contributed by atoms with Gasteiger partial charge in [0.15, 0.2) is 12.4 Å². The van der Waals surface area contributed by atoms with Crippen LogP contribution in [0.4, 0.5) is 0 Å². The molecular weight excluding hydrogens is 434 g/mol. The summed E-state index contributed by atoms with van der Waals surface area (Å²) >= 11 is 0. The average molecular weight is 464 g/mol. The predicted molar refractivity (Wildman–Crippen MR) is 121 cm³/mol. The summed E-state index contributed by atoms with van der Waals surface area (Å²) in [5.41, 5.74) is 0.464. The molecule has 1 saturated heterocycles. The molecule has 1 heterocycles. The third-order valence-electron chi connectivity index (χ3n) is 8.85. The molecular formula is C27H29NO6. The molecule has 3 saturated carbocycles. The highest BCUT2D eigenvalue weighted by Gasteiger charge is 2.67. The Morgan fingerprint density at radius 1 is 0.912 bits per heavy atom. The Morgan fingerprint density at radius 2 is 1.50 bits per heavy atom. The van der Waals surface area contributed by atoms with Gasteiger partial charge in [-0.15, -0.1) is 0 Å². The summed E-state index contributed by atoms with van der Waals surface area (Å²) in [4.78, 5) is 53.1. The summed E-state index contributed by atoms with van der Waals surface area (Å²) in [5.74, 6) is 1.05. The SMILES string of the molecule is COc1ccc(C(=O)COC(=O)C2CCC(N3C(=O)[C@@H]4[C@@H]5C=C[C@H]([C@H]6C[C@H]56)[C@@H]4C3=O)CC2)cc1. The maximum absolute atomic E-state index is 13.3. The van der Waals surface area contributed by atoms with E-state index in [9.17, 15) is 19.2 Å². The van der Waals surface area contributed by atoms with Gasteiger partial charge in [-0.05, 0) is 80.0 Å². The molecule has 178 valence electrons. The molecule has 7 nitrogen and oxygen atoms in total. The lowest BCUT2D eigenvalue weighted by atomic mass is 9.63. The molecule has 34 heavy (non-hydrogen) atoms. The van der Waals surface area contributed by atoms with Crippen molar-refractivity contribution in [3.8, 4) is 5.75 Å². The van der Waals surface area contributed by atoms with Crippen LogP contribution in [-0.4, -0.2) is 48.2 Å². The number of carbonyl (C=O) groups is 4. The number of benzene rings is 1. The van der Waals surface area contributed by atoms with E-state index in [1.165, 1.54) is 0 Å². The lowest BCUT2D eigenvalue weighted by Gasteiger charge is -2.37. The van der Waals surface area contributed by atoms with Crippen LogP contribution in [0.2, 0.25) is 0 Å². The van der Waals surface area contributed by atoms with Crippen molar-refractivity contribution >= 4 is 23.6 Å². The second-order valence-electron chi connectivity index (χ2n) is 10.5. The van der Waals surface area contributed by atoms with Crippen molar-refractivity contribution in [2.45, 2.75) is 38.1 Å². The fraction of sp³-hybridized carbons (Fsp3) is 0.556. The lowest BCUT2D eigenvalue weighted by Crippen LogP contribution is -2.44. The monoisotopic (exact) mass is 463 g/mol. The van der Waals surface area contributed by atoms with Gasteiger partial charge in [0.1, 0.15) is 5.75 Å². The van der Waals surface area contributed by atoms with Gasteiger partial charge >= 0.3 is 5.97 Å². The van der Waals surface area contributed by atoms with Crippen molar-refractivity contribution < 1.29 is 28.7 Å². The van der Waals surface area contributed by atoms with E-state index in [0.29, 0.717) is 48.8 Å². The van der Waals surface area contributed by atoms with E-state index in [0.717, 1.165) is 6.42 Å². The highest BCUT2D eigenvalue weighted by Crippen LogP contribution is 2.65. The van der Waals surface area contributed by atoms with E-state index in [1.54, 1.807) is 36.3 Å². The zero-order valence-electron chi connectivity index (χ0n) is 19.2. The number of allylic oxidation sites excluding steroid dienone is 2. The van der Waals surface area contributed by atoms with Crippen molar-refractivity contribution in [2.24, 2.45) is 41.4 Å². The van der Waals surface area contributed by atoms with E-state index < -0.39 is 0 Å². The number of imide groups is 1. The summed E-state index contributed by atoms with van der Waals surface area (Å²) in [6.07, 6.45) is 7.87. The zero-order chi connectivity index (χ0) is 23.6. The molecule has 2 amide bonds. The average Bonchev–Trinajstić information content (AvgIpc) is 3.65. The Morgan fingerprint density at radius 3 is 2.06 bits per heavy atom. The van der Waals surface area contributed by atoms with E-state index in [2.05, 4.69) is 12.2 Å². The summed E-state index contributed by atoms with van der Waals surface area (Å²) in [6.45, 7) is -0.296. The van der Waals surface area contributed by atoms with E-state index >= 15 is 0 Å². The fourth-order valence-electron chi connectivity index (χ4n) is 7.02. The van der Waals surface area contributed by atoms with Crippen LogP contribution in [-0.2, 0) is 19.1 Å². The minimum Gasteiger partial charge on any atom is -0.497 e. The number of Topliss-reactive ketones (excluding diaryl/α,β-unsaturated/α-hetero) is 1. The topological polar surface area (TPSA) is 90.0 Å². The van der Waals surface area contributed by atoms with Gasteiger partial charge in [0.05, 0.1) is 24.9 Å². The van der Waals surface area contributed by atoms with Crippen molar-refractivity contribution in [1.82, 2.24) is 4.90 Å². The van der Waals surface area contributed by atoms with Crippen LogP contribution in [0, 0.1) is 41.4 Å². The van der Waals surface area contributed by atoms with E-state index in [4.69, 9.17) is 9.47 Å². The molecule has 0 radical (unpaired) electrons. The molecule has 0 aromatic heterocycles. The largest absolute Gasteiger partial charge is 0.497 e. The minimum absolute atomic E-state index is 0.0100. The maximum atomic E-state index is 13.3. The van der Waals surface area contributed by atoms with Crippen LogP contribution in [0.25, 0.3) is 0 Å². The van der Waals surface area contributed by atoms with E-state index in [1.807, 2.05) is 0 Å². The lowest BCUT2D eigenvalue weighted by molar-refractivity contribution is -0.149. The first-order valence-corrected chi connectivity index (χ1v) is 12.4. The molecule has 0 unspecified atom stereocenters. The maximum Gasteiger partial charge on any atom is 0.309 e. The number of nitrogens with zero attached hydrogens (tertiary/aromatic N) is 1. The highest BCUT2D eigenvalue weighted by molar-refractivity contribution is 6.06. The number of likely N-dealkylation sites (tertiary alicyclic amines) is 1. The summed E-state index contributed by atoms with van der Waals surface area (Å²) in [7, 11) is 1.55. The van der Waals surface area contributed by atoms with Crippen LogP contribution in [0.1, 0.15) is 42.5 Å². The van der Waals surface area contributed by atoms with Gasteiger partial charge in [0, 0.05) is 11.6 Å². The number of methoxy groups -OCH3 is 1.